The Hall–Kier alpha value is -1.12. The summed E-state index contributed by atoms with van der Waals surface area (Å²) >= 11 is 1.37. The lowest BCUT2D eigenvalue weighted by atomic mass is 10.1. The van der Waals surface area contributed by atoms with E-state index in [1.54, 1.807) is 6.26 Å². The summed E-state index contributed by atoms with van der Waals surface area (Å²) in [5, 5.41) is 2.46. The Labute approximate surface area is 135 Å². The van der Waals surface area contributed by atoms with Crippen LogP contribution in [0.4, 0.5) is 0 Å². The maximum Gasteiger partial charge on any atom is 0.242 e. The van der Waals surface area contributed by atoms with Crippen molar-refractivity contribution in [3.63, 3.8) is 0 Å². The number of hydrogen-bond donors (Lipinski definition) is 2. The van der Waals surface area contributed by atoms with E-state index >= 15 is 0 Å². The van der Waals surface area contributed by atoms with E-state index in [0.29, 0.717) is 13.0 Å². The first-order valence-corrected chi connectivity index (χ1v) is 8.57. The number of rotatable bonds is 9. The van der Waals surface area contributed by atoms with Crippen LogP contribution in [0.5, 0.6) is 0 Å². The molecule has 0 aromatic heterocycles. The summed E-state index contributed by atoms with van der Waals surface area (Å²) in [6, 6.07) is 0. The van der Waals surface area contributed by atoms with Gasteiger partial charge < -0.3 is 15.8 Å². The molecule has 1 rings (SSSR count). The molecular weight excluding hydrogens is 306 g/mol. The number of thioether (sulfide) groups is 1. The number of hydrogen-bond acceptors (Lipinski definition) is 6. The van der Waals surface area contributed by atoms with Gasteiger partial charge in [-0.05, 0) is 26.5 Å². The van der Waals surface area contributed by atoms with Crippen LogP contribution in [-0.4, -0.2) is 59.5 Å². The minimum atomic E-state index is -0.394. The third-order valence-electron chi connectivity index (χ3n) is 3.57. The number of nitrogens with zero attached hydrogens (tertiary/aromatic N) is 1. The van der Waals surface area contributed by atoms with Crippen molar-refractivity contribution in [1.82, 2.24) is 10.2 Å². The fourth-order valence-corrected chi connectivity index (χ4v) is 2.81. The third-order valence-corrected chi connectivity index (χ3v) is 4.51. The number of amides is 3. The topological polar surface area (TPSA) is 102 Å². The summed E-state index contributed by atoms with van der Waals surface area (Å²) in [6.45, 7) is 4.54. The molecule has 1 fully saturated rings. The van der Waals surface area contributed by atoms with Gasteiger partial charge in [-0.15, -0.1) is 0 Å². The van der Waals surface area contributed by atoms with E-state index in [1.807, 2.05) is 13.8 Å². The van der Waals surface area contributed by atoms with Crippen molar-refractivity contribution in [2.75, 3.05) is 26.1 Å². The molecule has 1 atom stereocenters. The first kappa shape index (κ1) is 18.9. The SMILES string of the molecule is CSC1CC(=O)N(CCC(=O)NCCC(C)(C)OCN)C1=O. The summed E-state index contributed by atoms with van der Waals surface area (Å²) in [4.78, 5) is 36.6. The molecule has 3 amide bonds. The van der Waals surface area contributed by atoms with Gasteiger partial charge in [0, 0.05) is 25.9 Å². The fourth-order valence-electron chi connectivity index (χ4n) is 2.17. The lowest BCUT2D eigenvalue weighted by Gasteiger charge is -2.24. The largest absolute Gasteiger partial charge is 0.361 e. The Bertz CT molecular complexity index is 428. The molecule has 1 aliphatic rings. The molecule has 0 saturated carbocycles. The summed E-state index contributed by atoms with van der Waals surface area (Å²) in [6.07, 6.45) is 2.78. The van der Waals surface area contributed by atoms with Crippen LogP contribution in [0.1, 0.15) is 33.1 Å². The van der Waals surface area contributed by atoms with Gasteiger partial charge in [0.1, 0.15) is 0 Å². The van der Waals surface area contributed by atoms with Gasteiger partial charge in [-0.2, -0.15) is 11.8 Å². The van der Waals surface area contributed by atoms with Crippen LogP contribution in [-0.2, 0) is 19.1 Å². The molecule has 8 heteroatoms. The Balaban J connectivity index is 2.29. The lowest BCUT2D eigenvalue weighted by Crippen LogP contribution is -2.37. The average Bonchev–Trinajstić information content (AvgIpc) is 2.70. The van der Waals surface area contributed by atoms with Gasteiger partial charge in [-0.3, -0.25) is 19.3 Å². The first-order valence-electron chi connectivity index (χ1n) is 7.28. The van der Waals surface area contributed by atoms with Crippen molar-refractivity contribution in [1.29, 1.82) is 0 Å². The van der Waals surface area contributed by atoms with Crippen LogP contribution in [0.3, 0.4) is 0 Å². The molecule has 0 aromatic carbocycles. The number of ether oxygens (including phenoxy) is 1. The maximum atomic E-state index is 11.9. The molecule has 1 unspecified atom stereocenters. The number of likely N-dealkylation sites (tertiary alicyclic amines) is 1. The van der Waals surface area contributed by atoms with Gasteiger partial charge in [0.15, 0.2) is 0 Å². The minimum Gasteiger partial charge on any atom is -0.361 e. The second kappa shape index (κ2) is 8.50. The number of carbonyl (C=O) groups excluding carboxylic acids is 3. The highest BCUT2D eigenvalue weighted by molar-refractivity contribution is 8.00. The number of carbonyl (C=O) groups is 3. The van der Waals surface area contributed by atoms with E-state index < -0.39 is 5.60 Å². The van der Waals surface area contributed by atoms with Gasteiger partial charge in [0.25, 0.3) is 0 Å². The molecule has 1 heterocycles. The van der Waals surface area contributed by atoms with E-state index in [1.165, 1.54) is 16.7 Å². The van der Waals surface area contributed by atoms with Crippen LogP contribution in [0.15, 0.2) is 0 Å². The summed E-state index contributed by atoms with van der Waals surface area (Å²) in [5.74, 6) is -0.575. The summed E-state index contributed by atoms with van der Waals surface area (Å²) in [7, 11) is 0. The van der Waals surface area contributed by atoms with E-state index in [9.17, 15) is 14.4 Å². The Morgan fingerprint density at radius 1 is 1.50 bits per heavy atom. The number of nitrogens with two attached hydrogens (primary N) is 1. The molecule has 126 valence electrons. The zero-order valence-electron chi connectivity index (χ0n) is 13.4. The standard InChI is InChI=1S/C14H25N3O4S/c1-14(2,21-9-15)5-6-16-11(18)4-7-17-12(19)8-10(22-3)13(17)20/h10H,4-9,15H2,1-3H3,(H,16,18). The predicted molar refractivity (Wildman–Crippen MR) is 85.1 cm³/mol. The molecule has 1 saturated heterocycles. The molecule has 0 aliphatic carbocycles. The predicted octanol–water partition coefficient (Wildman–Crippen LogP) is 0.0847. The van der Waals surface area contributed by atoms with Crippen molar-refractivity contribution >= 4 is 29.5 Å². The van der Waals surface area contributed by atoms with Crippen LogP contribution in [0.2, 0.25) is 0 Å². The van der Waals surface area contributed by atoms with E-state index in [4.69, 9.17) is 10.5 Å². The Kier molecular flexibility index (Phi) is 7.31. The van der Waals surface area contributed by atoms with E-state index in [0.717, 1.165) is 0 Å². The fraction of sp³-hybridized carbons (Fsp3) is 0.786. The zero-order valence-corrected chi connectivity index (χ0v) is 14.2. The van der Waals surface area contributed by atoms with Crippen LogP contribution in [0, 0.1) is 0 Å². The summed E-state index contributed by atoms with van der Waals surface area (Å²) < 4.78 is 5.33. The van der Waals surface area contributed by atoms with Crippen molar-refractivity contribution in [2.45, 2.75) is 44.0 Å². The lowest BCUT2D eigenvalue weighted by molar-refractivity contribution is -0.138. The molecule has 0 radical (unpaired) electrons. The third kappa shape index (κ3) is 5.58. The highest BCUT2D eigenvalue weighted by Crippen LogP contribution is 2.23. The molecule has 3 N–H and O–H groups in total. The normalized spacial score (nSPS) is 18.9. The Morgan fingerprint density at radius 3 is 2.73 bits per heavy atom. The highest BCUT2D eigenvalue weighted by atomic mass is 32.2. The highest BCUT2D eigenvalue weighted by Gasteiger charge is 2.37. The van der Waals surface area contributed by atoms with Gasteiger partial charge in [0.05, 0.1) is 17.6 Å². The first-order chi connectivity index (χ1) is 10.3. The smallest absolute Gasteiger partial charge is 0.242 e. The second-order valence-corrected chi connectivity index (χ2v) is 6.77. The van der Waals surface area contributed by atoms with Crippen molar-refractivity contribution in [3.8, 4) is 0 Å². The van der Waals surface area contributed by atoms with E-state index in [2.05, 4.69) is 5.32 Å². The quantitative estimate of drug-likeness (QED) is 0.458. The molecule has 0 aromatic rings. The minimum absolute atomic E-state index is 0.122. The van der Waals surface area contributed by atoms with Gasteiger partial charge >= 0.3 is 0 Å². The summed E-state index contributed by atoms with van der Waals surface area (Å²) in [5.41, 5.74) is 4.94. The molecular formula is C14H25N3O4S. The van der Waals surface area contributed by atoms with Gasteiger partial charge in [0.2, 0.25) is 17.7 Å². The van der Waals surface area contributed by atoms with Crippen molar-refractivity contribution in [2.24, 2.45) is 5.73 Å². The maximum absolute atomic E-state index is 11.9. The Morgan fingerprint density at radius 2 is 2.18 bits per heavy atom. The molecule has 0 spiro atoms. The number of imide groups is 1. The van der Waals surface area contributed by atoms with Crippen LogP contribution >= 0.6 is 11.8 Å². The van der Waals surface area contributed by atoms with Crippen LogP contribution < -0.4 is 11.1 Å². The molecule has 22 heavy (non-hydrogen) atoms. The zero-order chi connectivity index (χ0) is 16.8. The molecule has 7 nitrogen and oxygen atoms in total. The molecule has 1 aliphatic heterocycles. The number of nitrogens with one attached hydrogen (secondary N) is 1. The van der Waals surface area contributed by atoms with Gasteiger partial charge in [-0.25, -0.2) is 0 Å². The monoisotopic (exact) mass is 331 g/mol. The van der Waals surface area contributed by atoms with Crippen molar-refractivity contribution < 1.29 is 19.1 Å². The van der Waals surface area contributed by atoms with E-state index in [-0.39, 0.29) is 49.1 Å². The average molecular weight is 331 g/mol. The molecule has 0 bridgehead atoms. The van der Waals surface area contributed by atoms with Gasteiger partial charge in [-0.1, -0.05) is 0 Å². The van der Waals surface area contributed by atoms with Crippen LogP contribution in [0.25, 0.3) is 0 Å². The van der Waals surface area contributed by atoms with Crippen molar-refractivity contribution in [3.05, 3.63) is 0 Å². The second-order valence-electron chi connectivity index (χ2n) is 5.73.